The van der Waals surface area contributed by atoms with Gasteiger partial charge in [0.25, 0.3) is 0 Å². The van der Waals surface area contributed by atoms with Crippen LogP contribution in [-0.4, -0.2) is 6.10 Å². The molecule has 2 nitrogen and oxygen atoms in total. The Morgan fingerprint density at radius 3 is 2.56 bits per heavy atom. The fourth-order valence-electron chi connectivity index (χ4n) is 2.19. The SMILES string of the molecule is CC1CCC(Oc2ccccc2C#N)CC1. The number of nitrogens with zero attached hydrogens (tertiary/aromatic N) is 1. The lowest BCUT2D eigenvalue weighted by Gasteiger charge is -2.27. The summed E-state index contributed by atoms with van der Waals surface area (Å²) in [6.45, 7) is 2.29. The predicted octanol–water partition coefficient (Wildman–Crippen LogP) is 3.52. The van der Waals surface area contributed by atoms with E-state index in [1.165, 1.54) is 12.8 Å². The first-order valence-corrected chi connectivity index (χ1v) is 5.95. The van der Waals surface area contributed by atoms with Crippen LogP contribution in [0.1, 0.15) is 38.2 Å². The molecule has 0 aliphatic heterocycles. The predicted molar refractivity (Wildman–Crippen MR) is 63.2 cm³/mol. The third-order valence-electron chi connectivity index (χ3n) is 3.26. The lowest BCUT2D eigenvalue weighted by molar-refractivity contribution is 0.135. The average Bonchev–Trinajstić information content (AvgIpc) is 2.33. The first kappa shape index (κ1) is 11.0. The average molecular weight is 215 g/mol. The van der Waals surface area contributed by atoms with Gasteiger partial charge in [-0.1, -0.05) is 19.1 Å². The molecule has 0 N–H and O–H groups in total. The third kappa shape index (κ3) is 2.55. The molecule has 1 saturated carbocycles. The molecule has 1 aliphatic rings. The maximum Gasteiger partial charge on any atom is 0.137 e. The highest BCUT2D eigenvalue weighted by Gasteiger charge is 2.20. The Hall–Kier alpha value is -1.49. The molecule has 0 spiro atoms. The summed E-state index contributed by atoms with van der Waals surface area (Å²) < 4.78 is 5.90. The molecule has 0 heterocycles. The topological polar surface area (TPSA) is 33.0 Å². The van der Waals surface area contributed by atoms with Gasteiger partial charge in [-0.05, 0) is 43.7 Å². The molecule has 1 aromatic carbocycles. The molecule has 1 aromatic rings. The number of hydrogen-bond donors (Lipinski definition) is 0. The van der Waals surface area contributed by atoms with Crippen LogP contribution in [0.4, 0.5) is 0 Å². The lowest BCUT2D eigenvalue weighted by Crippen LogP contribution is -2.23. The molecule has 0 unspecified atom stereocenters. The Bertz CT molecular complexity index is 386. The number of ether oxygens (including phenoxy) is 1. The zero-order chi connectivity index (χ0) is 11.4. The van der Waals surface area contributed by atoms with Crippen LogP contribution in [0.5, 0.6) is 5.75 Å². The van der Waals surface area contributed by atoms with Crippen LogP contribution >= 0.6 is 0 Å². The molecular weight excluding hydrogens is 198 g/mol. The summed E-state index contributed by atoms with van der Waals surface area (Å²) >= 11 is 0. The molecule has 1 fully saturated rings. The largest absolute Gasteiger partial charge is 0.489 e. The van der Waals surface area contributed by atoms with E-state index < -0.39 is 0 Å². The fraction of sp³-hybridized carbons (Fsp3) is 0.500. The number of hydrogen-bond acceptors (Lipinski definition) is 2. The number of benzene rings is 1. The van der Waals surface area contributed by atoms with Crippen LogP contribution in [0.3, 0.4) is 0 Å². The molecule has 0 aromatic heterocycles. The summed E-state index contributed by atoms with van der Waals surface area (Å²) in [4.78, 5) is 0. The number of nitriles is 1. The van der Waals surface area contributed by atoms with Gasteiger partial charge in [-0.25, -0.2) is 0 Å². The number of para-hydroxylation sites is 1. The van der Waals surface area contributed by atoms with Crippen molar-refractivity contribution in [2.75, 3.05) is 0 Å². The van der Waals surface area contributed by atoms with Crippen molar-refractivity contribution >= 4 is 0 Å². The van der Waals surface area contributed by atoms with Crippen molar-refractivity contribution in [1.82, 2.24) is 0 Å². The van der Waals surface area contributed by atoms with Crippen molar-refractivity contribution < 1.29 is 4.74 Å². The smallest absolute Gasteiger partial charge is 0.137 e. The molecule has 1 aliphatic carbocycles. The van der Waals surface area contributed by atoms with Gasteiger partial charge in [-0.3, -0.25) is 0 Å². The second-order valence-electron chi connectivity index (χ2n) is 4.61. The highest BCUT2D eigenvalue weighted by molar-refractivity contribution is 5.42. The molecule has 16 heavy (non-hydrogen) atoms. The first-order valence-electron chi connectivity index (χ1n) is 5.95. The summed E-state index contributed by atoms with van der Waals surface area (Å²) in [6, 6.07) is 9.65. The van der Waals surface area contributed by atoms with E-state index in [0.29, 0.717) is 11.7 Å². The van der Waals surface area contributed by atoms with Gasteiger partial charge in [0.1, 0.15) is 11.8 Å². The minimum absolute atomic E-state index is 0.297. The molecule has 0 atom stereocenters. The zero-order valence-electron chi connectivity index (χ0n) is 9.65. The Kier molecular flexibility index (Phi) is 3.46. The summed E-state index contributed by atoms with van der Waals surface area (Å²) in [6.07, 6.45) is 4.99. The Morgan fingerprint density at radius 2 is 1.88 bits per heavy atom. The van der Waals surface area contributed by atoms with Crippen molar-refractivity contribution in [3.63, 3.8) is 0 Å². The van der Waals surface area contributed by atoms with Gasteiger partial charge < -0.3 is 4.74 Å². The van der Waals surface area contributed by atoms with Crippen molar-refractivity contribution in [2.24, 2.45) is 5.92 Å². The van der Waals surface area contributed by atoms with Crippen LogP contribution in [0, 0.1) is 17.2 Å². The van der Waals surface area contributed by atoms with Gasteiger partial charge >= 0.3 is 0 Å². The molecule has 0 radical (unpaired) electrons. The minimum Gasteiger partial charge on any atom is -0.489 e. The quantitative estimate of drug-likeness (QED) is 0.756. The summed E-state index contributed by atoms with van der Waals surface area (Å²) in [7, 11) is 0. The van der Waals surface area contributed by atoms with E-state index in [4.69, 9.17) is 10.00 Å². The summed E-state index contributed by atoms with van der Waals surface area (Å²) in [5, 5.41) is 8.96. The van der Waals surface area contributed by atoms with Crippen molar-refractivity contribution in [3.8, 4) is 11.8 Å². The first-order chi connectivity index (χ1) is 7.79. The maximum atomic E-state index is 8.96. The van der Waals surface area contributed by atoms with Crippen LogP contribution in [-0.2, 0) is 0 Å². The zero-order valence-corrected chi connectivity index (χ0v) is 9.65. The van der Waals surface area contributed by atoms with Gasteiger partial charge in [0.05, 0.1) is 11.7 Å². The van der Waals surface area contributed by atoms with Crippen LogP contribution < -0.4 is 4.74 Å². The molecule has 2 rings (SSSR count). The normalized spacial score (nSPS) is 24.8. The second-order valence-corrected chi connectivity index (χ2v) is 4.61. The standard InChI is InChI=1S/C14H17NO/c1-11-6-8-13(9-7-11)16-14-5-3-2-4-12(14)10-15/h2-5,11,13H,6-9H2,1H3. The maximum absolute atomic E-state index is 8.96. The van der Waals surface area contributed by atoms with Gasteiger partial charge in [-0.2, -0.15) is 5.26 Å². The van der Waals surface area contributed by atoms with E-state index in [2.05, 4.69) is 13.0 Å². The molecular formula is C14H17NO. The third-order valence-corrected chi connectivity index (χ3v) is 3.26. The monoisotopic (exact) mass is 215 g/mol. The molecule has 0 bridgehead atoms. The second kappa shape index (κ2) is 5.03. The van der Waals surface area contributed by atoms with Gasteiger partial charge in [0, 0.05) is 0 Å². The molecule has 0 saturated heterocycles. The Labute approximate surface area is 96.9 Å². The number of rotatable bonds is 2. The van der Waals surface area contributed by atoms with E-state index in [9.17, 15) is 0 Å². The summed E-state index contributed by atoms with van der Waals surface area (Å²) in [5.41, 5.74) is 0.640. The van der Waals surface area contributed by atoms with Gasteiger partial charge in [0.15, 0.2) is 0 Å². The van der Waals surface area contributed by atoms with Crippen LogP contribution in [0.2, 0.25) is 0 Å². The highest BCUT2D eigenvalue weighted by Crippen LogP contribution is 2.28. The van der Waals surface area contributed by atoms with Crippen LogP contribution in [0.25, 0.3) is 0 Å². The molecule has 0 amide bonds. The minimum atomic E-state index is 0.297. The summed E-state index contributed by atoms with van der Waals surface area (Å²) in [5.74, 6) is 1.57. The van der Waals surface area contributed by atoms with Crippen molar-refractivity contribution in [1.29, 1.82) is 5.26 Å². The highest BCUT2D eigenvalue weighted by atomic mass is 16.5. The van der Waals surface area contributed by atoms with Crippen LogP contribution in [0.15, 0.2) is 24.3 Å². The lowest BCUT2D eigenvalue weighted by atomic mass is 9.89. The Morgan fingerprint density at radius 1 is 1.19 bits per heavy atom. The van der Waals surface area contributed by atoms with E-state index in [1.807, 2.05) is 18.2 Å². The molecule has 2 heteroatoms. The molecule has 84 valence electrons. The van der Waals surface area contributed by atoms with E-state index in [-0.39, 0.29) is 0 Å². The van der Waals surface area contributed by atoms with E-state index >= 15 is 0 Å². The van der Waals surface area contributed by atoms with E-state index in [1.54, 1.807) is 6.07 Å². The van der Waals surface area contributed by atoms with Gasteiger partial charge in [-0.15, -0.1) is 0 Å². The van der Waals surface area contributed by atoms with Crippen molar-refractivity contribution in [2.45, 2.75) is 38.7 Å². The van der Waals surface area contributed by atoms with Gasteiger partial charge in [0.2, 0.25) is 0 Å². The Balaban J connectivity index is 2.01. The van der Waals surface area contributed by atoms with E-state index in [0.717, 1.165) is 24.5 Å². The van der Waals surface area contributed by atoms with Crippen molar-refractivity contribution in [3.05, 3.63) is 29.8 Å². The fourth-order valence-corrected chi connectivity index (χ4v) is 2.19.